The maximum absolute atomic E-state index is 5.74. The number of hydrogen-bond acceptors (Lipinski definition) is 5. The van der Waals surface area contributed by atoms with Crippen molar-refractivity contribution in [3.63, 3.8) is 0 Å². The van der Waals surface area contributed by atoms with E-state index < -0.39 is 0 Å². The van der Waals surface area contributed by atoms with Gasteiger partial charge in [0.25, 0.3) is 0 Å². The van der Waals surface area contributed by atoms with Crippen LogP contribution in [0.25, 0.3) is 11.5 Å². The summed E-state index contributed by atoms with van der Waals surface area (Å²) in [6, 6.07) is 14.9. The lowest BCUT2D eigenvalue weighted by atomic mass is 10.2. The molecule has 1 heterocycles. The lowest BCUT2D eigenvalue weighted by Crippen LogP contribution is -1.98. The molecule has 3 aromatic rings. The Morgan fingerprint density at radius 3 is 2.57 bits per heavy atom. The molecule has 0 spiro atoms. The van der Waals surface area contributed by atoms with Crippen LogP contribution in [-0.4, -0.2) is 12.1 Å². The second-order valence-corrected chi connectivity index (χ2v) is 5.11. The number of rotatable bonds is 5. The van der Waals surface area contributed by atoms with E-state index in [1.165, 1.54) is 0 Å². The third kappa shape index (κ3) is 3.45. The van der Waals surface area contributed by atoms with Gasteiger partial charge in [-0.1, -0.05) is 6.07 Å². The number of ether oxygens (including phenoxy) is 2. The highest BCUT2D eigenvalue weighted by molar-refractivity contribution is 5.55. The summed E-state index contributed by atoms with van der Waals surface area (Å²) in [5.74, 6) is 2.80. The van der Waals surface area contributed by atoms with Gasteiger partial charge < -0.3 is 19.6 Å². The van der Waals surface area contributed by atoms with Crippen molar-refractivity contribution in [2.24, 2.45) is 0 Å². The SMILES string of the molecule is COc1ccc(-c2nc(COc3cccc(N)c3)c(C)o2)cc1. The van der Waals surface area contributed by atoms with E-state index in [-0.39, 0.29) is 0 Å². The molecule has 0 bridgehead atoms. The maximum atomic E-state index is 5.74. The topological polar surface area (TPSA) is 70.5 Å². The standard InChI is InChI=1S/C18H18N2O3/c1-12-17(11-22-16-5-3-4-14(19)10-16)20-18(23-12)13-6-8-15(21-2)9-7-13/h3-10H,11,19H2,1-2H3. The second-order valence-electron chi connectivity index (χ2n) is 5.11. The van der Waals surface area contributed by atoms with Crippen LogP contribution in [0.4, 0.5) is 5.69 Å². The minimum Gasteiger partial charge on any atom is -0.497 e. The van der Waals surface area contributed by atoms with E-state index in [1.807, 2.05) is 49.4 Å². The molecule has 118 valence electrons. The van der Waals surface area contributed by atoms with Gasteiger partial charge in [-0.25, -0.2) is 4.98 Å². The number of methoxy groups -OCH3 is 1. The summed E-state index contributed by atoms with van der Waals surface area (Å²) in [5.41, 5.74) is 8.06. The fourth-order valence-corrected chi connectivity index (χ4v) is 2.18. The Hall–Kier alpha value is -2.95. The Morgan fingerprint density at radius 1 is 1.09 bits per heavy atom. The highest BCUT2D eigenvalue weighted by Crippen LogP contribution is 2.25. The number of anilines is 1. The quantitative estimate of drug-likeness (QED) is 0.725. The molecule has 2 N–H and O–H groups in total. The van der Waals surface area contributed by atoms with Crippen molar-refractivity contribution in [2.75, 3.05) is 12.8 Å². The van der Waals surface area contributed by atoms with E-state index in [0.29, 0.717) is 23.9 Å². The van der Waals surface area contributed by atoms with Crippen molar-refractivity contribution >= 4 is 5.69 Å². The molecule has 2 aromatic carbocycles. The van der Waals surface area contributed by atoms with Crippen LogP contribution in [0, 0.1) is 6.92 Å². The molecule has 3 rings (SSSR count). The van der Waals surface area contributed by atoms with E-state index in [9.17, 15) is 0 Å². The van der Waals surface area contributed by atoms with Crippen LogP contribution in [0.5, 0.6) is 11.5 Å². The van der Waals surface area contributed by atoms with Crippen LogP contribution in [-0.2, 0) is 6.61 Å². The van der Waals surface area contributed by atoms with Crippen molar-refractivity contribution in [1.82, 2.24) is 4.98 Å². The highest BCUT2D eigenvalue weighted by atomic mass is 16.5. The number of benzene rings is 2. The van der Waals surface area contributed by atoms with Gasteiger partial charge in [0.15, 0.2) is 0 Å². The molecular formula is C18H18N2O3. The average Bonchev–Trinajstić information content (AvgIpc) is 2.94. The maximum Gasteiger partial charge on any atom is 0.226 e. The first-order valence-electron chi connectivity index (χ1n) is 7.25. The van der Waals surface area contributed by atoms with Gasteiger partial charge in [-0.2, -0.15) is 0 Å². The van der Waals surface area contributed by atoms with Gasteiger partial charge in [0, 0.05) is 17.3 Å². The molecule has 0 amide bonds. The minimum absolute atomic E-state index is 0.328. The second kappa shape index (κ2) is 6.44. The number of nitrogens with zero attached hydrogens (tertiary/aromatic N) is 1. The summed E-state index contributed by atoms with van der Waals surface area (Å²) < 4.78 is 16.6. The van der Waals surface area contributed by atoms with Gasteiger partial charge in [-0.3, -0.25) is 0 Å². The normalized spacial score (nSPS) is 10.5. The smallest absolute Gasteiger partial charge is 0.226 e. The Bertz CT molecular complexity index is 794. The molecular weight excluding hydrogens is 292 g/mol. The summed E-state index contributed by atoms with van der Waals surface area (Å²) in [6.45, 7) is 2.20. The Morgan fingerprint density at radius 2 is 1.87 bits per heavy atom. The van der Waals surface area contributed by atoms with E-state index >= 15 is 0 Å². The zero-order valence-electron chi connectivity index (χ0n) is 13.1. The lowest BCUT2D eigenvalue weighted by Gasteiger charge is -2.04. The third-order valence-corrected chi connectivity index (χ3v) is 3.46. The zero-order valence-corrected chi connectivity index (χ0v) is 13.1. The molecule has 1 aromatic heterocycles. The number of nitrogen functional groups attached to an aromatic ring is 1. The fraction of sp³-hybridized carbons (Fsp3) is 0.167. The Balaban J connectivity index is 1.75. The van der Waals surface area contributed by atoms with Crippen LogP contribution < -0.4 is 15.2 Å². The predicted molar refractivity (Wildman–Crippen MR) is 88.4 cm³/mol. The van der Waals surface area contributed by atoms with Gasteiger partial charge in [0.1, 0.15) is 29.6 Å². The molecule has 5 nitrogen and oxygen atoms in total. The van der Waals surface area contributed by atoms with Crippen LogP contribution in [0.2, 0.25) is 0 Å². The molecule has 0 saturated heterocycles. The molecule has 5 heteroatoms. The molecule has 0 aliphatic rings. The molecule has 0 aliphatic carbocycles. The molecule has 23 heavy (non-hydrogen) atoms. The van der Waals surface area contributed by atoms with E-state index in [1.54, 1.807) is 13.2 Å². The predicted octanol–water partition coefficient (Wildman–Crippen LogP) is 3.82. The van der Waals surface area contributed by atoms with Gasteiger partial charge in [0.05, 0.1) is 7.11 Å². The van der Waals surface area contributed by atoms with Crippen molar-refractivity contribution in [2.45, 2.75) is 13.5 Å². The summed E-state index contributed by atoms with van der Waals surface area (Å²) in [7, 11) is 1.63. The molecule has 0 aliphatic heterocycles. The van der Waals surface area contributed by atoms with Gasteiger partial charge in [-0.05, 0) is 43.3 Å². The third-order valence-electron chi connectivity index (χ3n) is 3.46. The van der Waals surface area contributed by atoms with Gasteiger partial charge >= 0.3 is 0 Å². The fourth-order valence-electron chi connectivity index (χ4n) is 2.18. The van der Waals surface area contributed by atoms with Crippen molar-refractivity contribution < 1.29 is 13.9 Å². The number of nitrogens with two attached hydrogens (primary N) is 1. The average molecular weight is 310 g/mol. The number of aromatic nitrogens is 1. The molecule has 0 saturated carbocycles. The van der Waals surface area contributed by atoms with Crippen molar-refractivity contribution in [1.29, 1.82) is 0 Å². The molecule has 0 radical (unpaired) electrons. The number of hydrogen-bond donors (Lipinski definition) is 1. The van der Waals surface area contributed by atoms with Crippen LogP contribution in [0.1, 0.15) is 11.5 Å². The van der Waals surface area contributed by atoms with E-state index in [0.717, 1.165) is 22.8 Å². The zero-order chi connectivity index (χ0) is 16.2. The summed E-state index contributed by atoms with van der Waals surface area (Å²) in [5, 5.41) is 0. The monoisotopic (exact) mass is 310 g/mol. The molecule has 0 fully saturated rings. The van der Waals surface area contributed by atoms with E-state index in [2.05, 4.69) is 4.98 Å². The Kier molecular flexibility index (Phi) is 4.19. The first-order chi connectivity index (χ1) is 11.2. The largest absolute Gasteiger partial charge is 0.497 e. The van der Waals surface area contributed by atoms with Crippen LogP contribution in [0.15, 0.2) is 52.9 Å². The first-order valence-corrected chi connectivity index (χ1v) is 7.25. The summed E-state index contributed by atoms with van der Waals surface area (Å²) in [4.78, 5) is 4.51. The van der Waals surface area contributed by atoms with Gasteiger partial charge in [-0.15, -0.1) is 0 Å². The summed E-state index contributed by atoms with van der Waals surface area (Å²) in [6.07, 6.45) is 0. The lowest BCUT2D eigenvalue weighted by molar-refractivity contribution is 0.299. The number of aryl methyl sites for hydroxylation is 1. The molecule has 0 atom stereocenters. The Labute approximate surface area is 134 Å². The first kappa shape index (κ1) is 15.0. The molecule has 0 unspecified atom stereocenters. The summed E-state index contributed by atoms with van der Waals surface area (Å²) >= 11 is 0. The minimum atomic E-state index is 0.328. The number of oxazole rings is 1. The highest BCUT2D eigenvalue weighted by Gasteiger charge is 2.12. The van der Waals surface area contributed by atoms with Crippen LogP contribution >= 0.6 is 0 Å². The van der Waals surface area contributed by atoms with Crippen LogP contribution in [0.3, 0.4) is 0 Å². The van der Waals surface area contributed by atoms with Crippen molar-refractivity contribution in [3.8, 4) is 23.0 Å². The van der Waals surface area contributed by atoms with E-state index in [4.69, 9.17) is 19.6 Å². The van der Waals surface area contributed by atoms with Gasteiger partial charge in [0.2, 0.25) is 5.89 Å². The van der Waals surface area contributed by atoms with Crippen molar-refractivity contribution in [3.05, 3.63) is 60.0 Å².